The summed E-state index contributed by atoms with van der Waals surface area (Å²) in [6.45, 7) is 3.97. The maximum absolute atomic E-state index is 5.12. The third kappa shape index (κ3) is 5.42. The molecule has 2 atom stereocenters. The molecule has 0 heterocycles. The van der Waals surface area contributed by atoms with Gasteiger partial charge in [-0.2, -0.15) is 0 Å². The van der Waals surface area contributed by atoms with E-state index in [2.05, 4.69) is 47.6 Å². The Kier molecular flexibility index (Phi) is 7.20. The van der Waals surface area contributed by atoms with Crippen LogP contribution < -0.4 is 5.32 Å². The molecule has 0 aromatic heterocycles. The smallest absolute Gasteiger partial charge is 0.0589 e. The Balaban J connectivity index is 1.80. The van der Waals surface area contributed by atoms with Crippen molar-refractivity contribution in [2.24, 2.45) is 0 Å². The van der Waals surface area contributed by atoms with Crippen LogP contribution in [0, 0.1) is 0 Å². The maximum Gasteiger partial charge on any atom is 0.0589 e. The van der Waals surface area contributed by atoms with Crippen LogP contribution in [0.25, 0.3) is 0 Å². The Bertz CT molecular complexity index is 382. The minimum absolute atomic E-state index is 0.636. The molecule has 2 rings (SSSR count). The molecule has 1 N–H and O–H groups in total. The van der Waals surface area contributed by atoms with E-state index in [0.29, 0.717) is 12.0 Å². The van der Waals surface area contributed by atoms with Crippen molar-refractivity contribution >= 4 is 0 Å². The second kappa shape index (κ2) is 9.19. The first-order valence-electron chi connectivity index (χ1n) is 8.27. The molecule has 1 aromatic rings. The summed E-state index contributed by atoms with van der Waals surface area (Å²) >= 11 is 0. The maximum atomic E-state index is 5.12. The number of methoxy groups -OCH3 is 1. The van der Waals surface area contributed by atoms with E-state index in [0.717, 1.165) is 26.2 Å². The zero-order valence-electron chi connectivity index (χ0n) is 13.6. The lowest BCUT2D eigenvalue weighted by molar-refractivity contribution is 0.160. The Morgan fingerprint density at radius 3 is 2.67 bits per heavy atom. The van der Waals surface area contributed by atoms with Gasteiger partial charge in [0.05, 0.1) is 6.61 Å². The molecule has 118 valence electrons. The highest BCUT2D eigenvalue weighted by atomic mass is 16.5. The Morgan fingerprint density at radius 1 is 1.14 bits per heavy atom. The summed E-state index contributed by atoms with van der Waals surface area (Å²) in [7, 11) is 3.93. The van der Waals surface area contributed by atoms with E-state index < -0.39 is 0 Å². The summed E-state index contributed by atoms with van der Waals surface area (Å²) in [5.41, 5.74) is 1.50. The fourth-order valence-corrected chi connectivity index (χ4v) is 3.27. The van der Waals surface area contributed by atoms with Gasteiger partial charge in [0, 0.05) is 32.8 Å². The van der Waals surface area contributed by atoms with E-state index in [1.807, 2.05) is 0 Å². The number of benzene rings is 1. The van der Waals surface area contributed by atoms with Gasteiger partial charge in [0.25, 0.3) is 0 Å². The lowest BCUT2D eigenvalue weighted by Crippen LogP contribution is -2.41. The van der Waals surface area contributed by atoms with Gasteiger partial charge in [-0.3, -0.25) is 0 Å². The number of hydrogen-bond donors (Lipinski definition) is 1. The Morgan fingerprint density at radius 2 is 1.90 bits per heavy atom. The molecule has 0 amide bonds. The van der Waals surface area contributed by atoms with Gasteiger partial charge in [0.2, 0.25) is 0 Å². The van der Waals surface area contributed by atoms with Crippen LogP contribution in [0.3, 0.4) is 0 Å². The summed E-state index contributed by atoms with van der Waals surface area (Å²) in [6.07, 6.45) is 5.36. The van der Waals surface area contributed by atoms with Crippen LogP contribution in [0.15, 0.2) is 30.3 Å². The summed E-state index contributed by atoms with van der Waals surface area (Å²) in [5.74, 6) is 0.684. The summed E-state index contributed by atoms with van der Waals surface area (Å²) in [4.78, 5) is 2.33. The van der Waals surface area contributed by atoms with Gasteiger partial charge in [0.15, 0.2) is 0 Å². The number of ether oxygens (including phenoxy) is 1. The minimum Gasteiger partial charge on any atom is -0.383 e. The highest BCUT2D eigenvalue weighted by Gasteiger charge is 2.25. The van der Waals surface area contributed by atoms with E-state index in [1.165, 1.54) is 31.2 Å². The first kappa shape index (κ1) is 16.5. The Labute approximate surface area is 129 Å². The van der Waals surface area contributed by atoms with Crippen molar-refractivity contribution in [3.8, 4) is 0 Å². The van der Waals surface area contributed by atoms with E-state index in [1.54, 1.807) is 7.11 Å². The SMILES string of the molecule is COCCN(C)CCNC1CCCCC1c1ccccc1. The molecule has 3 nitrogen and oxygen atoms in total. The molecule has 21 heavy (non-hydrogen) atoms. The molecule has 0 radical (unpaired) electrons. The molecule has 1 aromatic carbocycles. The average molecular weight is 290 g/mol. The second-order valence-corrected chi connectivity index (χ2v) is 6.16. The van der Waals surface area contributed by atoms with E-state index in [9.17, 15) is 0 Å². The molecule has 0 bridgehead atoms. The van der Waals surface area contributed by atoms with Crippen LogP contribution in [0.2, 0.25) is 0 Å². The molecular formula is C18H30N2O. The van der Waals surface area contributed by atoms with Gasteiger partial charge in [-0.15, -0.1) is 0 Å². The molecule has 1 fully saturated rings. The molecule has 3 heteroatoms. The lowest BCUT2D eigenvalue weighted by Gasteiger charge is -2.33. The number of hydrogen-bond acceptors (Lipinski definition) is 3. The van der Waals surface area contributed by atoms with Gasteiger partial charge < -0.3 is 15.0 Å². The van der Waals surface area contributed by atoms with Crippen LogP contribution in [-0.2, 0) is 4.74 Å². The highest BCUT2D eigenvalue weighted by Crippen LogP contribution is 2.32. The first-order valence-corrected chi connectivity index (χ1v) is 8.27. The standard InChI is InChI=1S/C18H30N2O/c1-20(14-15-21-2)13-12-19-18-11-7-6-10-17(18)16-8-4-3-5-9-16/h3-5,8-9,17-19H,6-7,10-15H2,1-2H3. The van der Waals surface area contributed by atoms with Crippen LogP contribution in [0.1, 0.15) is 37.2 Å². The first-order chi connectivity index (χ1) is 10.3. The normalized spacial score (nSPS) is 22.6. The predicted molar refractivity (Wildman–Crippen MR) is 88.8 cm³/mol. The zero-order valence-corrected chi connectivity index (χ0v) is 13.6. The van der Waals surface area contributed by atoms with Gasteiger partial charge in [-0.25, -0.2) is 0 Å². The van der Waals surface area contributed by atoms with E-state index in [4.69, 9.17) is 4.74 Å². The van der Waals surface area contributed by atoms with Gasteiger partial charge in [-0.1, -0.05) is 43.2 Å². The van der Waals surface area contributed by atoms with Gasteiger partial charge in [0.1, 0.15) is 0 Å². The van der Waals surface area contributed by atoms with E-state index in [-0.39, 0.29) is 0 Å². The molecule has 0 aliphatic heterocycles. The third-order valence-corrected chi connectivity index (χ3v) is 4.57. The average Bonchev–Trinajstić information content (AvgIpc) is 2.54. The molecule has 1 saturated carbocycles. The van der Waals surface area contributed by atoms with Crippen molar-refractivity contribution in [1.29, 1.82) is 0 Å². The van der Waals surface area contributed by atoms with Crippen molar-refractivity contribution < 1.29 is 4.74 Å². The fourth-order valence-electron chi connectivity index (χ4n) is 3.27. The molecular weight excluding hydrogens is 260 g/mol. The molecule has 0 saturated heterocycles. The van der Waals surface area contributed by atoms with Crippen LogP contribution in [0.5, 0.6) is 0 Å². The Hall–Kier alpha value is -0.900. The largest absolute Gasteiger partial charge is 0.383 e. The third-order valence-electron chi connectivity index (χ3n) is 4.57. The van der Waals surface area contributed by atoms with Crippen LogP contribution in [0.4, 0.5) is 0 Å². The zero-order chi connectivity index (χ0) is 14.9. The number of rotatable bonds is 8. The summed E-state index contributed by atoms with van der Waals surface area (Å²) in [5, 5.41) is 3.80. The number of nitrogens with zero attached hydrogens (tertiary/aromatic N) is 1. The molecule has 1 aliphatic carbocycles. The fraction of sp³-hybridized carbons (Fsp3) is 0.667. The van der Waals surface area contributed by atoms with Crippen molar-refractivity contribution in [3.05, 3.63) is 35.9 Å². The highest BCUT2D eigenvalue weighted by molar-refractivity contribution is 5.21. The summed E-state index contributed by atoms with van der Waals surface area (Å²) in [6, 6.07) is 11.7. The van der Waals surface area contributed by atoms with Gasteiger partial charge >= 0.3 is 0 Å². The molecule has 0 spiro atoms. The van der Waals surface area contributed by atoms with Crippen molar-refractivity contribution in [2.75, 3.05) is 40.4 Å². The second-order valence-electron chi connectivity index (χ2n) is 6.16. The predicted octanol–water partition coefficient (Wildman–Crippen LogP) is 2.88. The number of nitrogens with one attached hydrogen (secondary N) is 1. The van der Waals surface area contributed by atoms with Crippen LogP contribution in [-0.4, -0.2) is 51.3 Å². The van der Waals surface area contributed by atoms with Crippen molar-refractivity contribution in [1.82, 2.24) is 10.2 Å². The van der Waals surface area contributed by atoms with Crippen molar-refractivity contribution in [2.45, 2.75) is 37.6 Å². The van der Waals surface area contributed by atoms with Crippen LogP contribution >= 0.6 is 0 Å². The van der Waals surface area contributed by atoms with Crippen molar-refractivity contribution in [3.63, 3.8) is 0 Å². The quantitative estimate of drug-likeness (QED) is 0.797. The monoisotopic (exact) mass is 290 g/mol. The summed E-state index contributed by atoms with van der Waals surface area (Å²) < 4.78 is 5.12. The number of likely N-dealkylation sites (N-methyl/N-ethyl adjacent to an activating group) is 1. The van der Waals surface area contributed by atoms with E-state index >= 15 is 0 Å². The van der Waals surface area contributed by atoms with Gasteiger partial charge in [-0.05, 0) is 31.4 Å². The molecule has 1 aliphatic rings. The lowest BCUT2D eigenvalue weighted by atomic mass is 9.80. The minimum atomic E-state index is 0.636. The topological polar surface area (TPSA) is 24.5 Å². The molecule has 2 unspecified atom stereocenters.